The van der Waals surface area contributed by atoms with Gasteiger partial charge in [-0.1, -0.05) is 27.7 Å². The second-order valence-corrected chi connectivity index (χ2v) is 6.67. The zero-order valence-corrected chi connectivity index (χ0v) is 13.1. The summed E-state index contributed by atoms with van der Waals surface area (Å²) in [6, 6.07) is 3.65. The van der Waals surface area contributed by atoms with Crippen molar-refractivity contribution < 1.29 is 4.79 Å². The molecule has 0 unspecified atom stereocenters. The van der Waals surface area contributed by atoms with E-state index in [1.807, 2.05) is 13.0 Å². The monoisotopic (exact) mass is 275 g/mol. The largest absolute Gasteiger partial charge is 0.384 e. The minimum absolute atomic E-state index is 0.0912. The standard InChI is InChI=1S/C16H25N3O/c1-6-17-11-7-8-12(18-9-11)14(20)19-10-13-15(2,3)16(13,4)5/h7-9,13,17H,6,10H2,1-5H3,(H,19,20). The highest BCUT2D eigenvalue weighted by molar-refractivity contribution is 5.92. The van der Waals surface area contributed by atoms with Gasteiger partial charge >= 0.3 is 0 Å². The van der Waals surface area contributed by atoms with E-state index in [1.165, 1.54) is 0 Å². The van der Waals surface area contributed by atoms with Crippen molar-refractivity contribution in [1.82, 2.24) is 10.3 Å². The van der Waals surface area contributed by atoms with Crippen molar-refractivity contribution in [3.05, 3.63) is 24.0 Å². The van der Waals surface area contributed by atoms with Crippen molar-refractivity contribution in [2.24, 2.45) is 16.7 Å². The third kappa shape index (κ3) is 2.51. The molecule has 110 valence electrons. The first-order valence-electron chi connectivity index (χ1n) is 7.29. The maximum absolute atomic E-state index is 12.1. The van der Waals surface area contributed by atoms with Gasteiger partial charge in [0.2, 0.25) is 0 Å². The lowest BCUT2D eigenvalue weighted by Crippen LogP contribution is -2.27. The number of hydrogen-bond donors (Lipinski definition) is 2. The summed E-state index contributed by atoms with van der Waals surface area (Å²) in [7, 11) is 0. The average molecular weight is 275 g/mol. The van der Waals surface area contributed by atoms with Crippen molar-refractivity contribution in [2.45, 2.75) is 34.6 Å². The van der Waals surface area contributed by atoms with Crippen LogP contribution < -0.4 is 10.6 Å². The Morgan fingerprint density at radius 3 is 2.35 bits per heavy atom. The van der Waals surface area contributed by atoms with Crippen LogP contribution in [0.15, 0.2) is 18.3 Å². The van der Waals surface area contributed by atoms with Crippen LogP contribution in [0, 0.1) is 16.7 Å². The molecule has 2 rings (SSSR count). The van der Waals surface area contributed by atoms with E-state index in [0.717, 1.165) is 18.8 Å². The zero-order chi connectivity index (χ0) is 15.0. The molecule has 0 spiro atoms. The van der Waals surface area contributed by atoms with Gasteiger partial charge in [-0.05, 0) is 35.8 Å². The summed E-state index contributed by atoms with van der Waals surface area (Å²) in [5.74, 6) is 0.437. The lowest BCUT2D eigenvalue weighted by atomic mass is 10.0. The molecule has 1 aliphatic carbocycles. The smallest absolute Gasteiger partial charge is 0.269 e. The normalized spacial score (nSPS) is 19.4. The molecule has 1 fully saturated rings. The van der Waals surface area contributed by atoms with Crippen LogP contribution in [0.2, 0.25) is 0 Å². The Balaban J connectivity index is 1.90. The first-order chi connectivity index (χ1) is 9.30. The fourth-order valence-corrected chi connectivity index (χ4v) is 2.97. The molecule has 20 heavy (non-hydrogen) atoms. The van der Waals surface area contributed by atoms with Crippen LogP contribution in [0.4, 0.5) is 5.69 Å². The first kappa shape index (κ1) is 14.8. The minimum atomic E-state index is -0.0912. The molecule has 4 heteroatoms. The second-order valence-electron chi connectivity index (χ2n) is 6.67. The van der Waals surface area contributed by atoms with Gasteiger partial charge in [-0.3, -0.25) is 4.79 Å². The number of carbonyl (C=O) groups is 1. The van der Waals surface area contributed by atoms with Crippen molar-refractivity contribution in [3.63, 3.8) is 0 Å². The molecule has 1 aromatic rings. The maximum Gasteiger partial charge on any atom is 0.269 e. The third-order valence-corrected chi connectivity index (χ3v) is 5.16. The molecule has 0 radical (unpaired) electrons. The molecule has 0 saturated heterocycles. The molecule has 1 saturated carbocycles. The summed E-state index contributed by atoms with van der Waals surface area (Å²) in [6.07, 6.45) is 1.70. The molecule has 4 nitrogen and oxygen atoms in total. The molecule has 0 aliphatic heterocycles. The van der Waals surface area contributed by atoms with Gasteiger partial charge in [-0.25, -0.2) is 4.98 Å². The van der Waals surface area contributed by atoms with Crippen LogP contribution in [0.3, 0.4) is 0 Å². The zero-order valence-electron chi connectivity index (χ0n) is 13.1. The Hall–Kier alpha value is -1.58. The van der Waals surface area contributed by atoms with E-state index in [4.69, 9.17) is 0 Å². The summed E-state index contributed by atoms with van der Waals surface area (Å²) in [5.41, 5.74) is 2.00. The van der Waals surface area contributed by atoms with E-state index in [2.05, 4.69) is 43.3 Å². The van der Waals surface area contributed by atoms with Crippen molar-refractivity contribution in [3.8, 4) is 0 Å². The van der Waals surface area contributed by atoms with Gasteiger partial charge in [-0.15, -0.1) is 0 Å². The van der Waals surface area contributed by atoms with Crippen LogP contribution in [-0.2, 0) is 0 Å². The van der Waals surface area contributed by atoms with Gasteiger partial charge in [0.1, 0.15) is 5.69 Å². The first-order valence-corrected chi connectivity index (χ1v) is 7.29. The van der Waals surface area contributed by atoms with Gasteiger partial charge in [-0.2, -0.15) is 0 Å². The maximum atomic E-state index is 12.1. The highest BCUT2D eigenvalue weighted by Crippen LogP contribution is 2.67. The number of carbonyl (C=O) groups excluding carboxylic acids is 1. The topological polar surface area (TPSA) is 54.0 Å². The van der Waals surface area contributed by atoms with Crippen LogP contribution >= 0.6 is 0 Å². The Labute approximate surface area is 121 Å². The van der Waals surface area contributed by atoms with Gasteiger partial charge in [0.15, 0.2) is 0 Å². The van der Waals surface area contributed by atoms with Gasteiger partial charge in [0.25, 0.3) is 5.91 Å². The molecule has 0 bridgehead atoms. The molecular weight excluding hydrogens is 250 g/mol. The lowest BCUT2D eigenvalue weighted by Gasteiger charge is -2.07. The van der Waals surface area contributed by atoms with E-state index >= 15 is 0 Å². The molecule has 0 aromatic carbocycles. The fraction of sp³-hybridized carbons (Fsp3) is 0.625. The van der Waals surface area contributed by atoms with E-state index in [1.54, 1.807) is 12.3 Å². The Morgan fingerprint density at radius 2 is 1.90 bits per heavy atom. The second kappa shape index (κ2) is 5.08. The molecule has 1 amide bonds. The van der Waals surface area contributed by atoms with Crippen LogP contribution in [0.1, 0.15) is 45.1 Å². The van der Waals surface area contributed by atoms with Crippen LogP contribution in [-0.4, -0.2) is 24.0 Å². The van der Waals surface area contributed by atoms with Crippen LogP contribution in [0.25, 0.3) is 0 Å². The number of rotatable bonds is 5. The van der Waals surface area contributed by atoms with Crippen molar-refractivity contribution in [1.29, 1.82) is 0 Å². The summed E-state index contributed by atoms with van der Waals surface area (Å²) in [5, 5.41) is 6.16. The molecule has 1 aromatic heterocycles. The Bertz CT molecular complexity index is 477. The molecule has 1 heterocycles. The Kier molecular flexibility index (Phi) is 3.76. The van der Waals surface area contributed by atoms with E-state index in [9.17, 15) is 4.79 Å². The molecule has 1 aliphatic rings. The number of nitrogens with one attached hydrogen (secondary N) is 2. The number of aromatic nitrogens is 1. The SMILES string of the molecule is CCNc1ccc(C(=O)NCC2C(C)(C)C2(C)C)nc1. The molecular formula is C16H25N3O. The predicted octanol–water partition coefficient (Wildman–Crippen LogP) is 2.93. The lowest BCUT2D eigenvalue weighted by molar-refractivity contribution is 0.0945. The van der Waals surface area contributed by atoms with Crippen molar-refractivity contribution in [2.75, 3.05) is 18.4 Å². The highest BCUT2D eigenvalue weighted by Gasteiger charge is 2.64. The number of amides is 1. The predicted molar refractivity (Wildman–Crippen MR) is 81.8 cm³/mol. The minimum Gasteiger partial charge on any atom is -0.384 e. The van der Waals surface area contributed by atoms with E-state index in [0.29, 0.717) is 22.4 Å². The van der Waals surface area contributed by atoms with E-state index in [-0.39, 0.29) is 5.91 Å². The van der Waals surface area contributed by atoms with Crippen molar-refractivity contribution >= 4 is 11.6 Å². The number of hydrogen-bond acceptors (Lipinski definition) is 3. The molecule has 2 N–H and O–H groups in total. The fourth-order valence-electron chi connectivity index (χ4n) is 2.97. The van der Waals surface area contributed by atoms with Crippen LogP contribution in [0.5, 0.6) is 0 Å². The van der Waals surface area contributed by atoms with Gasteiger partial charge < -0.3 is 10.6 Å². The summed E-state index contributed by atoms with van der Waals surface area (Å²) < 4.78 is 0. The average Bonchev–Trinajstić information content (AvgIpc) is 2.78. The van der Waals surface area contributed by atoms with E-state index < -0.39 is 0 Å². The summed E-state index contributed by atoms with van der Waals surface area (Å²) in [4.78, 5) is 16.3. The number of anilines is 1. The Morgan fingerprint density at radius 1 is 1.25 bits per heavy atom. The summed E-state index contributed by atoms with van der Waals surface area (Å²) >= 11 is 0. The number of nitrogens with zero attached hydrogens (tertiary/aromatic N) is 1. The quantitative estimate of drug-likeness (QED) is 0.868. The molecule has 0 atom stereocenters. The number of pyridine rings is 1. The van der Waals surface area contributed by atoms with Gasteiger partial charge in [0.05, 0.1) is 11.9 Å². The highest BCUT2D eigenvalue weighted by atomic mass is 16.1. The summed E-state index contributed by atoms with van der Waals surface area (Å²) in [6.45, 7) is 12.6. The van der Waals surface area contributed by atoms with Gasteiger partial charge in [0, 0.05) is 13.1 Å². The third-order valence-electron chi connectivity index (χ3n) is 5.16.